The normalized spacial score (nSPS) is 11.3. The van der Waals surface area contributed by atoms with E-state index < -0.39 is 11.9 Å². The second kappa shape index (κ2) is 6.73. The molecule has 0 atom stereocenters. The second-order valence-corrected chi connectivity index (χ2v) is 4.54. The standard InChI is InChI=1S/C13H15N5O5/c1-6-4-8(14-11-10(6)12(20)18-17-11)16-15-7(13(21)23-3)5-9(19)22-2/h4H,5H2,1-3H3,(H3,14,16,17,18,20). The van der Waals surface area contributed by atoms with Gasteiger partial charge in [-0.05, 0) is 18.6 Å². The van der Waals surface area contributed by atoms with E-state index in [0.717, 1.165) is 0 Å². The molecule has 3 N–H and O–H groups in total. The third kappa shape index (κ3) is 3.54. The number of carbonyl (C=O) groups is 2. The molecule has 0 amide bonds. The first-order valence-corrected chi connectivity index (χ1v) is 6.52. The predicted molar refractivity (Wildman–Crippen MR) is 81.2 cm³/mol. The number of aromatic amines is 2. The molecule has 2 aromatic heterocycles. The van der Waals surface area contributed by atoms with Crippen molar-refractivity contribution in [3.05, 3.63) is 22.0 Å². The molecule has 0 radical (unpaired) electrons. The van der Waals surface area contributed by atoms with Gasteiger partial charge in [0.05, 0.1) is 26.0 Å². The lowest BCUT2D eigenvalue weighted by Crippen LogP contribution is -2.21. The highest BCUT2D eigenvalue weighted by molar-refractivity contribution is 6.39. The summed E-state index contributed by atoms with van der Waals surface area (Å²) < 4.78 is 9.05. The highest BCUT2D eigenvalue weighted by Gasteiger charge is 2.17. The number of ether oxygens (including phenoxy) is 2. The van der Waals surface area contributed by atoms with Crippen LogP contribution in [0.2, 0.25) is 0 Å². The van der Waals surface area contributed by atoms with Crippen LogP contribution in [0.25, 0.3) is 11.0 Å². The number of fused-ring (bicyclic) bond motifs is 1. The van der Waals surface area contributed by atoms with Crippen molar-refractivity contribution in [1.29, 1.82) is 0 Å². The highest BCUT2D eigenvalue weighted by Crippen LogP contribution is 2.15. The molecule has 0 aliphatic rings. The van der Waals surface area contributed by atoms with Crippen molar-refractivity contribution in [3.8, 4) is 0 Å². The summed E-state index contributed by atoms with van der Waals surface area (Å²) in [5, 5.41) is 9.32. The van der Waals surface area contributed by atoms with Crippen molar-refractivity contribution >= 4 is 34.5 Å². The molecule has 0 aliphatic heterocycles. The molecule has 10 nitrogen and oxygen atoms in total. The molecule has 122 valence electrons. The fourth-order valence-electron chi connectivity index (χ4n) is 1.89. The summed E-state index contributed by atoms with van der Waals surface area (Å²) in [6.45, 7) is 1.73. The van der Waals surface area contributed by atoms with Gasteiger partial charge in [-0.2, -0.15) is 5.10 Å². The number of anilines is 1. The number of pyridine rings is 1. The lowest BCUT2D eigenvalue weighted by Gasteiger charge is -2.05. The van der Waals surface area contributed by atoms with Crippen molar-refractivity contribution in [2.45, 2.75) is 13.3 Å². The van der Waals surface area contributed by atoms with Crippen LogP contribution in [0.1, 0.15) is 12.0 Å². The fourth-order valence-corrected chi connectivity index (χ4v) is 1.89. The van der Waals surface area contributed by atoms with Crippen LogP contribution >= 0.6 is 0 Å². The molecule has 2 aromatic rings. The van der Waals surface area contributed by atoms with Gasteiger partial charge < -0.3 is 9.47 Å². The van der Waals surface area contributed by atoms with Crippen LogP contribution in [0, 0.1) is 6.92 Å². The summed E-state index contributed by atoms with van der Waals surface area (Å²) in [7, 11) is 2.37. The van der Waals surface area contributed by atoms with Crippen LogP contribution in [-0.2, 0) is 19.1 Å². The number of aryl methyl sites for hydroxylation is 1. The number of esters is 2. The summed E-state index contributed by atoms with van der Waals surface area (Å²) in [6, 6.07) is 1.59. The Hall–Kier alpha value is -3.17. The topological polar surface area (TPSA) is 139 Å². The Morgan fingerprint density at radius 3 is 2.70 bits per heavy atom. The number of hydrogen-bond acceptors (Lipinski definition) is 8. The molecule has 0 aromatic carbocycles. The first kappa shape index (κ1) is 16.2. The third-order valence-corrected chi connectivity index (χ3v) is 3.00. The summed E-state index contributed by atoms with van der Waals surface area (Å²) in [5.41, 5.74) is 3.14. The number of hydrogen-bond donors (Lipinski definition) is 3. The van der Waals surface area contributed by atoms with Gasteiger partial charge in [0.1, 0.15) is 5.82 Å². The van der Waals surface area contributed by atoms with E-state index in [2.05, 4.69) is 35.2 Å². The quantitative estimate of drug-likeness (QED) is 0.402. The molecule has 0 aliphatic carbocycles. The molecule has 10 heteroatoms. The van der Waals surface area contributed by atoms with E-state index in [1.807, 2.05) is 0 Å². The summed E-state index contributed by atoms with van der Waals surface area (Å²) in [5.74, 6) is -1.11. The summed E-state index contributed by atoms with van der Waals surface area (Å²) in [6.07, 6.45) is -0.349. The predicted octanol–water partition coefficient (Wildman–Crippen LogP) is 0.0636. The molecule has 0 saturated carbocycles. The minimum absolute atomic E-state index is 0.165. The zero-order chi connectivity index (χ0) is 17.0. The highest BCUT2D eigenvalue weighted by atomic mass is 16.5. The number of aromatic nitrogens is 3. The van der Waals surface area contributed by atoms with Gasteiger partial charge in [-0.1, -0.05) is 0 Å². The van der Waals surface area contributed by atoms with Crippen molar-refractivity contribution in [2.24, 2.45) is 5.10 Å². The molecule has 0 saturated heterocycles. The number of nitrogens with one attached hydrogen (secondary N) is 3. The van der Waals surface area contributed by atoms with E-state index in [0.29, 0.717) is 16.6 Å². The van der Waals surface area contributed by atoms with Crippen molar-refractivity contribution in [1.82, 2.24) is 15.2 Å². The van der Waals surface area contributed by atoms with Gasteiger partial charge in [-0.3, -0.25) is 25.2 Å². The number of H-pyrrole nitrogens is 2. The van der Waals surface area contributed by atoms with Crippen LogP contribution in [-0.4, -0.2) is 47.1 Å². The Kier molecular flexibility index (Phi) is 4.74. The summed E-state index contributed by atoms with van der Waals surface area (Å²) >= 11 is 0. The van der Waals surface area contributed by atoms with E-state index in [4.69, 9.17) is 0 Å². The number of carbonyl (C=O) groups excluding carboxylic acids is 2. The molecule has 0 bridgehead atoms. The minimum Gasteiger partial charge on any atom is -0.469 e. The Balaban J connectivity index is 2.29. The van der Waals surface area contributed by atoms with E-state index in [9.17, 15) is 14.4 Å². The molecule has 23 heavy (non-hydrogen) atoms. The van der Waals surface area contributed by atoms with Gasteiger partial charge in [0.15, 0.2) is 11.4 Å². The molecule has 2 heterocycles. The van der Waals surface area contributed by atoms with Gasteiger partial charge in [0.25, 0.3) is 5.56 Å². The van der Waals surface area contributed by atoms with Crippen molar-refractivity contribution < 1.29 is 19.1 Å². The number of methoxy groups -OCH3 is 2. The zero-order valence-electron chi connectivity index (χ0n) is 12.7. The minimum atomic E-state index is -0.768. The maximum Gasteiger partial charge on any atom is 0.354 e. The lowest BCUT2D eigenvalue weighted by atomic mass is 10.2. The first-order valence-electron chi connectivity index (χ1n) is 6.52. The Morgan fingerprint density at radius 1 is 1.30 bits per heavy atom. The largest absolute Gasteiger partial charge is 0.469 e. The number of rotatable bonds is 5. The van der Waals surface area contributed by atoms with Gasteiger partial charge in [0, 0.05) is 0 Å². The van der Waals surface area contributed by atoms with Crippen LogP contribution in [0.15, 0.2) is 16.0 Å². The zero-order valence-corrected chi connectivity index (χ0v) is 12.7. The van der Waals surface area contributed by atoms with Gasteiger partial charge in [-0.15, -0.1) is 0 Å². The van der Waals surface area contributed by atoms with Gasteiger partial charge in [-0.25, -0.2) is 9.78 Å². The average Bonchev–Trinajstić information content (AvgIpc) is 2.91. The average molecular weight is 321 g/mol. The fraction of sp³-hybridized carbons (Fsp3) is 0.308. The van der Waals surface area contributed by atoms with Crippen molar-refractivity contribution in [2.75, 3.05) is 19.6 Å². The van der Waals surface area contributed by atoms with E-state index in [1.165, 1.54) is 14.2 Å². The monoisotopic (exact) mass is 321 g/mol. The molecule has 0 fully saturated rings. The van der Waals surface area contributed by atoms with Crippen LogP contribution < -0.4 is 11.0 Å². The molecule has 0 spiro atoms. The smallest absolute Gasteiger partial charge is 0.354 e. The van der Waals surface area contributed by atoms with Crippen LogP contribution in [0.5, 0.6) is 0 Å². The maximum atomic E-state index is 11.6. The van der Waals surface area contributed by atoms with E-state index in [-0.39, 0.29) is 23.5 Å². The van der Waals surface area contributed by atoms with Gasteiger partial charge in [0.2, 0.25) is 0 Å². The molecular formula is C13H15N5O5. The molecular weight excluding hydrogens is 306 g/mol. The Bertz CT molecular complexity index is 835. The number of hydrazone groups is 1. The van der Waals surface area contributed by atoms with E-state index in [1.54, 1.807) is 13.0 Å². The van der Waals surface area contributed by atoms with Crippen LogP contribution in [0.4, 0.5) is 5.82 Å². The molecule has 2 rings (SSSR count). The van der Waals surface area contributed by atoms with E-state index >= 15 is 0 Å². The van der Waals surface area contributed by atoms with Crippen molar-refractivity contribution in [3.63, 3.8) is 0 Å². The second-order valence-electron chi connectivity index (χ2n) is 4.54. The van der Waals surface area contributed by atoms with Crippen LogP contribution in [0.3, 0.4) is 0 Å². The number of nitrogens with zero attached hydrogens (tertiary/aromatic N) is 2. The molecule has 0 unspecified atom stereocenters. The first-order chi connectivity index (χ1) is 11.0. The SMILES string of the molecule is COC(=O)CC(=NNc1cc(C)c2c(=O)[nH][nH]c2n1)C(=O)OC. The van der Waals surface area contributed by atoms with Gasteiger partial charge >= 0.3 is 11.9 Å². The Labute approximate surface area is 129 Å². The third-order valence-electron chi connectivity index (χ3n) is 3.00. The maximum absolute atomic E-state index is 11.6. The Morgan fingerprint density at radius 2 is 2.04 bits per heavy atom. The lowest BCUT2D eigenvalue weighted by molar-refractivity contribution is -0.140. The summed E-state index contributed by atoms with van der Waals surface area (Å²) in [4.78, 5) is 38.6.